The number of alkyl halides is 13. The Labute approximate surface area is 167 Å². The molecule has 17 heteroatoms. The summed E-state index contributed by atoms with van der Waals surface area (Å²) in [4.78, 5) is 12.0. The number of amides is 1. The lowest BCUT2D eigenvalue weighted by atomic mass is 9.93. The summed E-state index contributed by atoms with van der Waals surface area (Å²) in [6.45, 7) is 1.70. The van der Waals surface area contributed by atoms with Crippen LogP contribution < -0.4 is 5.43 Å². The van der Waals surface area contributed by atoms with Crippen LogP contribution in [0, 0.1) is 0 Å². The molecule has 1 amide bonds. The lowest BCUT2D eigenvalue weighted by Gasteiger charge is -2.38. The third-order valence-corrected chi connectivity index (χ3v) is 4.77. The van der Waals surface area contributed by atoms with Crippen LogP contribution in [-0.2, 0) is 11.2 Å². The smallest absolute Gasteiger partial charge is 0.266 e. The van der Waals surface area contributed by atoms with E-state index in [1.807, 2.05) is 0 Å². The molecule has 0 spiro atoms. The van der Waals surface area contributed by atoms with E-state index in [0.717, 1.165) is 11.3 Å². The predicted octanol–water partition coefficient (Wildman–Crippen LogP) is 5.50. The molecule has 1 N–H and O–H groups in total. The first-order chi connectivity index (χ1) is 13.7. The molecule has 0 fully saturated rings. The Hall–Kier alpha value is -2.07. The average Bonchev–Trinajstić information content (AvgIpc) is 3.07. The fourth-order valence-electron chi connectivity index (χ4n) is 1.79. The molecule has 0 aliphatic rings. The van der Waals surface area contributed by atoms with Crippen molar-refractivity contribution < 1.29 is 61.9 Å². The molecule has 1 aromatic rings. The van der Waals surface area contributed by atoms with Crippen molar-refractivity contribution >= 4 is 23.5 Å². The topological polar surface area (TPSA) is 41.5 Å². The van der Waals surface area contributed by atoms with Crippen molar-refractivity contribution in [2.24, 2.45) is 5.10 Å². The largest absolute Gasteiger partial charge is 0.460 e. The highest BCUT2D eigenvalue weighted by atomic mass is 32.1. The molecular weight excluding hydrogens is 491 g/mol. The third kappa shape index (κ3) is 4.32. The molecule has 1 rings (SSSR count). The number of hydrazone groups is 1. The molecule has 0 unspecified atom stereocenters. The van der Waals surface area contributed by atoms with Crippen molar-refractivity contribution in [1.82, 2.24) is 5.43 Å². The minimum absolute atomic E-state index is 0.133. The molecule has 0 saturated carbocycles. The van der Waals surface area contributed by atoms with E-state index >= 15 is 0 Å². The van der Waals surface area contributed by atoms with Crippen molar-refractivity contribution in [2.45, 2.75) is 49.1 Å². The maximum Gasteiger partial charge on any atom is 0.460 e. The van der Waals surface area contributed by atoms with E-state index in [9.17, 15) is 61.9 Å². The highest BCUT2D eigenvalue weighted by molar-refractivity contribution is 7.13. The lowest BCUT2D eigenvalue weighted by molar-refractivity contribution is -0.436. The van der Waals surface area contributed by atoms with Gasteiger partial charge in [-0.25, -0.2) is 5.43 Å². The second-order valence-corrected chi connectivity index (χ2v) is 6.93. The molecular formula is C14H9F13N2OS. The zero-order valence-corrected chi connectivity index (χ0v) is 15.4. The number of halogens is 13. The number of carbonyl (C=O) groups excluding carboxylic acids is 1. The molecule has 31 heavy (non-hydrogen) atoms. The van der Waals surface area contributed by atoms with Crippen molar-refractivity contribution in [3.8, 4) is 0 Å². The third-order valence-electron chi connectivity index (χ3n) is 3.61. The van der Waals surface area contributed by atoms with Gasteiger partial charge in [0.15, 0.2) is 0 Å². The van der Waals surface area contributed by atoms with E-state index < -0.39 is 41.7 Å². The first kappa shape index (κ1) is 27.0. The summed E-state index contributed by atoms with van der Waals surface area (Å²) in [6, 6.07) is 2.81. The van der Waals surface area contributed by atoms with Crippen molar-refractivity contribution in [3.63, 3.8) is 0 Å². The van der Waals surface area contributed by atoms with Gasteiger partial charge >= 0.3 is 41.7 Å². The number of thiophene rings is 1. The van der Waals surface area contributed by atoms with Crippen LogP contribution in [-0.4, -0.2) is 47.9 Å². The van der Waals surface area contributed by atoms with E-state index in [4.69, 9.17) is 0 Å². The standard InChI is InChI=1S/C14H9F13N2OS/c1-2-6-3-4-7(31-6)5-28-29-8(30)9(15,16)10(17,18)11(19,20)12(21,22)13(23,24)14(25,26)27/h3-5H,2H2,1H3,(H,29,30)/b28-5+. The van der Waals surface area contributed by atoms with Gasteiger partial charge in [0, 0.05) is 9.75 Å². The molecule has 0 aliphatic carbocycles. The SMILES string of the molecule is CCc1ccc(/C=N/NC(=O)C(F)(F)C(F)(F)C(F)(F)C(F)(F)C(F)(F)C(F)(F)F)s1. The van der Waals surface area contributed by atoms with E-state index in [-0.39, 0.29) is 4.88 Å². The van der Waals surface area contributed by atoms with E-state index in [1.165, 1.54) is 12.1 Å². The van der Waals surface area contributed by atoms with E-state index in [2.05, 4.69) is 5.10 Å². The van der Waals surface area contributed by atoms with Crippen LogP contribution in [0.3, 0.4) is 0 Å². The Kier molecular flexibility index (Phi) is 7.07. The maximum absolute atomic E-state index is 13.5. The summed E-state index contributed by atoms with van der Waals surface area (Å²) >= 11 is 0.965. The molecule has 1 aromatic heterocycles. The molecule has 0 atom stereocenters. The van der Waals surface area contributed by atoms with Crippen LogP contribution in [0.2, 0.25) is 0 Å². The van der Waals surface area contributed by atoms with Crippen LogP contribution in [0.25, 0.3) is 0 Å². The Morgan fingerprint density at radius 3 is 1.77 bits per heavy atom. The predicted molar refractivity (Wildman–Crippen MR) is 80.2 cm³/mol. The average molecular weight is 500 g/mol. The molecule has 0 aromatic carbocycles. The van der Waals surface area contributed by atoms with Gasteiger partial charge in [0.05, 0.1) is 6.21 Å². The van der Waals surface area contributed by atoms with Crippen LogP contribution in [0.15, 0.2) is 17.2 Å². The van der Waals surface area contributed by atoms with Gasteiger partial charge in [-0.15, -0.1) is 11.3 Å². The quantitative estimate of drug-likeness (QED) is 0.286. The number of aryl methyl sites for hydroxylation is 1. The summed E-state index contributed by atoms with van der Waals surface area (Å²) in [6.07, 6.45) is -6.45. The van der Waals surface area contributed by atoms with E-state index in [1.54, 1.807) is 6.92 Å². The number of nitrogens with one attached hydrogen (secondary N) is 1. The zero-order chi connectivity index (χ0) is 24.7. The van der Waals surface area contributed by atoms with Crippen LogP contribution in [0.1, 0.15) is 16.7 Å². The van der Waals surface area contributed by atoms with Crippen molar-refractivity contribution in [3.05, 3.63) is 21.9 Å². The zero-order valence-electron chi connectivity index (χ0n) is 14.6. The van der Waals surface area contributed by atoms with Crippen LogP contribution in [0.4, 0.5) is 57.1 Å². The summed E-state index contributed by atoms with van der Waals surface area (Å²) < 4.78 is 168. The Morgan fingerprint density at radius 1 is 0.871 bits per heavy atom. The summed E-state index contributed by atoms with van der Waals surface area (Å²) in [5, 5.41) is 2.71. The Bertz CT molecular complexity index is 828. The molecule has 1 heterocycles. The lowest BCUT2D eigenvalue weighted by Crippen LogP contribution is -2.71. The fourth-order valence-corrected chi connectivity index (χ4v) is 2.62. The monoisotopic (exact) mass is 500 g/mol. The van der Waals surface area contributed by atoms with Crippen LogP contribution in [0.5, 0.6) is 0 Å². The van der Waals surface area contributed by atoms with Crippen molar-refractivity contribution in [2.75, 3.05) is 0 Å². The number of carbonyl (C=O) groups is 1. The second kappa shape index (κ2) is 8.12. The van der Waals surface area contributed by atoms with E-state index in [0.29, 0.717) is 22.9 Å². The van der Waals surface area contributed by atoms with Gasteiger partial charge in [-0.2, -0.15) is 62.2 Å². The highest BCUT2D eigenvalue weighted by Crippen LogP contribution is 2.60. The maximum atomic E-state index is 13.5. The molecule has 0 aliphatic heterocycles. The van der Waals surface area contributed by atoms with Gasteiger partial charge in [-0.3, -0.25) is 4.79 Å². The Balaban J connectivity index is 3.21. The fraction of sp³-hybridized carbons (Fsp3) is 0.571. The molecule has 3 nitrogen and oxygen atoms in total. The molecule has 0 radical (unpaired) electrons. The molecule has 178 valence electrons. The van der Waals surface area contributed by atoms with Gasteiger partial charge in [-0.1, -0.05) is 6.92 Å². The minimum Gasteiger partial charge on any atom is -0.266 e. The second-order valence-electron chi connectivity index (χ2n) is 5.73. The Morgan fingerprint density at radius 2 is 1.35 bits per heavy atom. The summed E-state index contributed by atoms with van der Waals surface area (Å²) in [7, 11) is 0. The first-order valence-electron chi connectivity index (χ1n) is 7.56. The van der Waals surface area contributed by atoms with Crippen LogP contribution >= 0.6 is 11.3 Å². The van der Waals surface area contributed by atoms with Gasteiger partial charge in [0.2, 0.25) is 0 Å². The molecule has 0 saturated heterocycles. The summed E-state index contributed by atoms with van der Waals surface area (Å²) in [5.74, 6) is -42.0. The summed E-state index contributed by atoms with van der Waals surface area (Å²) in [5.41, 5.74) is 0.617. The minimum atomic E-state index is -8.07. The van der Waals surface area contributed by atoms with Gasteiger partial charge in [-0.05, 0) is 18.6 Å². The highest BCUT2D eigenvalue weighted by Gasteiger charge is 2.91. The van der Waals surface area contributed by atoms with Gasteiger partial charge in [0.1, 0.15) is 0 Å². The van der Waals surface area contributed by atoms with Crippen molar-refractivity contribution in [1.29, 1.82) is 0 Å². The van der Waals surface area contributed by atoms with Gasteiger partial charge < -0.3 is 0 Å². The number of hydrogen-bond donors (Lipinski definition) is 1. The van der Waals surface area contributed by atoms with Gasteiger partial charge in [0.25, 0.3) is 0 Å². The number of nitrogens with zero attached hydrogens (tertiary/aromatic N) is 1. The number of hydrogen-bond acceptors (Lipinski definition) is 3. The normalized spacial score (nSPS) is 14.9. The molecule has 0 bridgehead atoms. The first-order valence-corrected chi connectivity index (χ1v) is 8.38. The number of rotatable bonds is 8.